The molecule has 33 heavy (non-hydrogen) atoms. The van der Waals surface area contributed by atoms with Gasteiger partial charge in [-0.1, -0.05) is 36.4 Å². The first-order valence-electron chi connectivity index (χ1n) is 11.4. The van der Waals surface area contributed by atoms with Crippen LogP contribution in [0, 0.1) is 5.92 Å². The lowest BCUT2D eigenvalue weighted by molar-refractivity contribution is -0.127. The highest BCUT2D eigenvalue weighted by molar-refractivity contribution is 7.89. The molecule has 2 heterocycles. The van der Waals surface area contributed by atoms with E-state index in [0.29, 0.717) is 19.6 Å². The molecule has 2 aliphatic heterocycles. The number of likely N-dealkylation sites (tertiary alicyclic amines) is 1. The second-order valence-electron chi connectivity index (χ2n) is 8.64. The molecule has 0 spiro atoms. The van der Waals surface area contributed by atoms with Crippen LogP contribution in [0.2, 0.25) is 0 Å². The van der Waals surface area contributed by atoms with Crippen molar-refractivity contribution in [2.24, 2.45) is 5.92 Å². The van der Waals surface area contributed by atoms with Crippen molar-refractivity contribution in [2.75, 3.05) is 26.2 Å². The monoisotopic (exact) mass is 470 g/mol. The first kappa shape index (κ1) is 23.4. The summed E-state index contributed by atoms with van der Waals surface area (Å²) in [7, 11) is -3.61. The Morgan fingerprint density at radius 1 is 0.909 bits per heavy atom. The molecule has 0 aromatic heterocycles. The molecule has 2 amide bonds. The van der Waals surface area contributed by atoms with Gasteiger partial charge in [0, 0.05) is 31.7 Å². The lowest BCUT2D eigenvalue weighted by Crippen LogP contribution is -2.48. The maximum Gasteiger partial charge on any atom is 0.269 e. The van der Waals surface area contributed by atoms with Gasteiger partial charge in [-0.15, -0.1) is 0 Å². The van der Waals surface area contributed by atoms with Gasteiger partial charge in [0.1, 0.15) is 0 Å². The molecule has 2 aromatic rings. The molecule has 0 bridgehead atoms. The number of nitrogens with one attached hydrogen (secondary N) is 2. The summed E-state index contributed by atoms with van der Waals surface area (Å²) in [5.41, 5.74) is 6.36. The third-order valence-electron chi connectivity index (χ3n) is 6.22. The van der Waals surface area contributed by atoms with E-state index in [1.807, 2.05) is 18.2 Å². The van der Waals surface area contributed by atoms with Gasteiger partial charge in [-0.25, -0.2) is 8.42 Å². The normalized spacial score (nSPS) is 19.8. The molecule has 176 valence electrons. The van der Waals surface area contributed by atoms with E-state index in [-0.39, 0.29) is 22.3 Å². The van der Waals surface area contributed by atoms with E-state index >= 15 is 0 Å². The zero-order valence-corrected chi connectivity index (χ0v) is 19.4. The smallest absolute Gasteiger partial charge is 0.269 e. The van der Waals surface area contributed by atoms with Gasteiger partial charge in [-0.05, 0) is 56.0 Å². The zero-order chi connectivity index (χ0) is 23.3. The zero-order valence-electron chi connectivity index (χ0n) is 18.6. The standard InChI is InChI=1S/C24H30N4O4S/c29-23(20-10-6-12-22(16-20)33(31,32)28-14-4-5-15-28)25-26-24(30)21-11-7-13-27(18-21)17-19-8-2-1-3-9-19/h1-3,6,8-10,12,16,21H,4-5,7,11,13-15,17-18H2,(H,25,29)(H,26,30). The highest BCUT2D eigenvalue weighted by Crippen LogP contribution is 2.22. The van der Waals surface area contributed by atoms with Crippen molar-refractivity contribution in [3.05, 3.63) is 65.7 Å². The van der Waals surface area contributed by atoms with Gasteiger partial charge in [0.25, 0.3) is 5.91 Å². The van der Waals surface area contributed by atoms with Gasteiger partial charge in [-0.3, -0.25) is 25.3 Å². The fourth-order valence-electron chi connectivity index (χ4n) is 4.42. The Balaban J connectivity index is 1.32. The third-order valence-corrected chi connectivity index (χ3v) is 8.12. The maximum absolute atomic E-state index is 12.8. The first-order chi connectivity index (χ1) is 15.9. The van der Waals surface area contributed by atoms with E-state index in [1.165, 1.54) is 28.1 Å². The molecular weight excluding hydrogens is 440 g/mol. The molecule has 0 radical (unpaired) electrons. The lowest BCUT2D eigenvalue weighted by Gasteiger charge is -2.32. The first-order valence-corrected chi connectivity index (χ1v) is 12.8. The number of nitrogens with zero attached hydrogens (tertiary/aromatic N) is 2. The molecule has 2 aliphatic rings. The summed E-state index contributed by atoms with van der Waals surface area (Å²) in [5, 5.41) is 0. The van der Waals surface area contributed by atoms with Gasteiger partial charge < -0.3 is 0 Å². The minimum absolute atomic E-state index is 0.0900. The summed E-state index contributed by atoms with van der Waals surface area (Å²) in [5.74, 6) is -0.995. The van der Waals surface area contributed by atoms with Crippen LogP contribution in [0.1, 0.15) is 41.6 Å². The van der Waals surface area contributed by atoms with Crippen LogP contribution >= 0.6 is 0 Å². The van der Waals surface area contributed by atoms with Crippen molar-refractivity contribution in [3.8, 4) is 0 Å². The molecule has 0 saturated carbocycles. The Hall–Kier alpha value is -2.75. The SMILES string of the molecule is O=C(NNC(=O)C1CCCN(Cc2ccccc2)C1)c1cccc(S(=O)(=O)N2CCCC2)c1. The fourth-order valence-corrected chi connectivity index (χ4v) is 5.99. The Morgan fingerprint density at radius 3 is 2.42 bits per heavy atom. The summed E-state index contributed by atoms with van der Waals surface area (Å²) in [6.45, 7) is 3.34. The average Bonchev–Trinajstić information content (AvgIpc) is 3.39. The van der Waals surface area contributed by atoms with Gasteiger partial charge in [0.2, 0.25) is 15.9 Å². The summed E-state index contributed by atoms with van der Waals surface area (Å²) in [6.07, 6.45) is 3.36. The molecule has 0 aliphatic carbocycles. The van der Waals surface area contributed by atoms with Crippen LogP contribution in [0.25, 0.3) is 0 Å². The molecular formula is C24H30N4O4S. The number of rotatable bonds is 6. The van der Waals surface area contributed by atoms with Gasteiger partial charge in [0.15, 0.2) is 0 Å². The highest BCUT2D eigenvalue weighted by atomic mass is 32.2. The quantitative estimate of drug-likeness (QED) is 0.631. The molecule has 2 aromatic carbocycles. The highest BCUT2D eigenvalue weighted by Gasteiger charge is 2.28. The van der Waals surface area contributed by atoms with E-state index < -0.39 is 15.9 Å². The van der Waals surface area contributed by atoms with Crippen molar-refractivity contribution in [2.45, 2.75) is 37.1 Å². The number of benzene rings is 2. The Labute approximate surface area is 195 Å². The lowest BCUT2D eigenvalue weighted by atomic mass is 9.97. The number of sulfonamides is 1. The molecule has 1 atom stereocenters. The van der Waals surface area contributed by atoms with Crippen molar-refractivity contribution >= 4 is 21.8 Å². The number of hydrogen-bond acceptors (Lipinski definition) is 5. The third kappa shape index (κ3) is 5.79. The molecule has 2 fully saturated rings. The fraction of sp³-hybridized carbons (Fsp3) is 0.417. The van der Waals surface area contributed by atoms with E-state index in [4.69, 9.17) is 0 Å². The van der Waals surface area contributed by atoms with Gasteiger partial charge >= 0.3 is 0 Å². The van der Waals surface area contributed by atoms with Crippen molar-refractivity contribution in [3.63, 3.8) is 0 Å². The molecule has 4 rings (SSSR count). The molecule has 2 saturated heterocycles. The van der Waals surface area contributed by atoms with E-state index in [1.54, 1.807) is 6.07 Å². The minimum atomic E-state index is -3.61. The van der Waals surface area contributed by atoms with Gasteiger partial charge in [0.05, 0.1) is 10.8 Å². The number of carbonyl (C=O) groups is 2. The maximum atomic E-state index is 12.8. The van der Waals surface area contributed by atoms with E-state index in [2.05, 4.69) is 27.9 Å². The summed E-state index contributed by atoms with van der Waals surface area (Å²) in [4.78, 5) is 27.6. The summed E-state index contributed by atoms with van der Waals surface area (Å²) >= 11 is 0. The van der Waals surface area contributed by atoms with Crippen LogP contribution < -0.4 is 10.9 Å². The molecule has 8 nitrogen and oxygen atoms in total. The summed E-state index contributed by atoms with van der Waals surface area (Å²) in [6, 6.07) is 16.1. The van der Waals surface area contributed by atoms with E-state index in [9.17, 15) is 18.0 Å². The van der Waals surface area contributed by atoms with E-state index in [0.717, 1.165) is 38.8 Å². The van der Waals surface area contributed by atoms with Gasteiger partial charge in [-0.2, -0.15) is 4.31 Å². The average molecular weight is 471 g/mol. The number of hydrogen-bond donors (Lipinski definition) is 2. The Bertz CT molecular complexity index is 1080. The number of hydrazine groups is 1. The number of amides is 2. The van der Waals surface area contributed by atoms with Crippen molar-refractivity contribution in [1.82, 2.24) is 20.1 Å². The molecule has 9 heteroatoms. The van der Waals surface area contributed by atoms with Crippen LogP contribution in [0.15, 0.2) is 59.5 Å². The molecule has 1 unspecified atom stereocenters. The van der Waals surface area contributed by atoms with Crippen LogP contribution in [-0.2, 0) is 21.4 Å². The second kappa shape index (κ2) is 10.5. The number of carbonyl (C=O) groups excluding carboxylic acids is 2. The van der Waals surface area contributed by atoms with Crippen LogP contribution in [-0.4, -0.2) is 55.6 Å². The Kier molecular flexibility index (Phi) is 7.42. The van der Waals surface area contributed by atoms with Crippen molar-refractivity contribution < 1.29 is 18.0 Å². The predicted octanol–water partition coefficient (Wildman–Crippen LogP) is 2.14. The van der Waals surface area contributed by atoms with Crippen molar-refractivity contribution in [1.29, 1.82) is 0 Å². The largest absolute Gasteiger partial charge is 0.298 e. The topological polar surface area (TPSA) is 98.8 Å². The molecule has 2 N–H and O–H groups in total. The predicted molar refractivity (Wildman–Crippen MR) is 124 cm³/mol. The Morgan fingerprint density at radius 2 is 1.67 bits per heavy atom. The summed E-state index contributed by atoms with van der Waals surface area (Å²) < 4.78 is 27.0. The van der Waals surface area contributed by atoms with Crippen LogP contribution in [0.4, 0.5) is 0 Å². The minimum Gasteiger partial charge on any atom is -0.298 e. The second-order valence-corrected chi connectivity index (χ2v) is 10.6. The number of piperidine rings is 1. The van der Waals surface area contributed by atoms with Crippen LogP contribution in [0.5, 0.6) is 0 Å². The van der Waals surface area contributed by atoms with Crippen LogP contribution in [0.3, 0.4) is 0 Å².